The molecule has 0 heterocycles. The Morgan fingerprint density at radius 3 is 2.62 bits per heavy atom. The van der Waals surface area contributed by atoms with Crippen LogP contribution in [0.1, 0.15) is 51.9 Å². The van der Waals surface area contributed by atoms with Gasteiger partial charge >= 0.3 is 0 Å². The smallest absolute Gasteiger partial charge is 0.138 e. The average Bonchev–Trinajstić information content (AvgIpc) is 2.84. The molecular weight excluding hydrogens is 160 g/mol. The molecule has 1 rings (SSSR count). The van der Waals surface area contributed by atoms with Crippen molar-refractivity contribution in [1.29, 1.82) is 0 Å². The van der Waals surface area contributed by atoms with Crippen LogP contribution in [0.3, 0.4) is 0 Å². The third-order valence-corrected chi connectivity index (χ3v) is 2.99. The Morgan fingerprint density at radius 2 is 2.08 bits per heavy atom. The molecule has 1 saturated carbocycles. The van der Waals surface area contributed by atoms with Gasteiger partial charge in [-0.05, 0) is 32.1 Å². The summed E-state index contributed by atoms with van der Waals surface area (Å²) < 4.78 is 0. The quantitative estimate of drug-likeness (QED) is 0.433. The van der Waals surface area contributed by atoms with Crippen LogP contribution >= 0.6 is 0 Å². The fourth-order valence-corrected chi connectivity index (χ4v) is 1.52. The summed E-state index contributed by atoms with van der Waals surface area (Å²) in [6.07, 6.45) is 9.52. The molecule has 1 heteroatoms. The highest BCUT2D eigenvalue weighted by atomic mass is 16.1. The second-order valence-electron chi connectivity index (χ2n) is 4.37. The highest BCUT2D eigenvalue weighted by Gasteiger charge is 2.43. The Kier molecular flexibility index (Phi) is 3.71. The molecule has 0 aromatic rings. The number of rotatable bonds is 7. The largest absolute Gasteiger partial charge is 0.299 e. The van der Waals surface area contributed by atoms with Gasteiger partial charge in [0.15, 0.2) is 0 Å². The van der Waals surface area contributed by atoms with Crippen LogP contribution in [0.25, 0.3) is 0 Å². The maximum atomic E-state index is 11.5. The highest BCUT2D eigenvalue weighted by Crippen LogP contribution is 2.46. The number of hydrogen-bond donors (Lipinski definition) is 0. The van der Waals surface area contributed by atoms with E-state index in [0.717, 1.165) is 32.1 Å². The first kappa shape index (κ1) is 10.5. The monoisotopic (exact) mass is 180 g/mol. The molecule has 1 aliphatic carbocycles. The first-order chi connectivity index (χ1) is 6.19. The minimum atomic E-state index is 0.0957. The number of Topliss-reactive ketones (excluding diaryl/α,β-unsaturated/α-hetero) is 1. The van der Waals surface area contributed by atoms with Crippen LogP contribution in [0, 0.1) is 5.41 Å². The molecule has 0 unspecified atom stereocenters. The van der Waals surface area contributed by atoms with Gasteiger partial charge in [0, 0.05) is 11.8 Å². The Balaban J connectivity index is 1.99. The van der Waals surface area contributed by atoms with Crippen LogP contribution in [0.2, 0.25) is 0 Å². The first-order valence-corrected chi connectivity index (χ1v) is 5.33. The molecule has 13 heavy (non-hydrogen) atoms. The highest BCUT2D eigenvalue weighted by molar-refractivity contribution is 5.86. The van der Waals surface area contributed by atoms with E-state index in [2.05, 4.69) is 13.5 Å². The van der Waals surface area contributed by atoms with Crippen molar-refractivity contribution in [2.75, 3.05) is 0 Å². The molecule has 0 radical (unpaired) electrons. The second-order valence-corrected chi connectivity index (χ2v) is 4.37. The van der Waals surface area contributed by atoms with Gasteiger partial charge < -0.3 is 0 Å². The molecule has 0 bridgehead atoms. The molecule has 0 aromatic heterocycles. The summed E-state index contributed by atoms with van der Waals surface area (Å²) in [6, 6.07) is 0. The van der Waals surface area contributed by atoms with Crippen molar-refractivity contribution < 1.29 is 4.79 Å². The summed E-state index contributed by atoms with van der Waals surface area (Å²) in [5.74, 6) is 0.492. The van der Waals surface area contributed by atoms with E-state index in [1.54, 1.807) is 0 Å². The Bertz CT molecular complexity index is 189. The standard InChI is InChI=1S/C12H20O/c1-3-4-5-6-7-8-11(13)12(2)9-10-12/h3H,1,4-10H2,2H3. The van der Waals surface area contributed by atoms with Crippen molar-refractivity contribution in [3.05, 3.63) is 12.7 Å². The van der Waals surface area contributed by atoms with Crippen molar-refractivity contribution in [3.8, 4) is 0 Å². The van der Waals surface area contributed by atoms with E-state index in [1.165, 1.54) is 12.8 Å². The predicted molar refractivity (Wildman–Crippen MR) is 55.6 cm³/mol. The van der Waals surface area contributed by atoms with E-state index in [0.29, 0.717) is 5.78 Å². The number of allylic oxidation sites excluding steroid dienone is 1. The zero-order valence-corrected chi connectivity index (χ0v) is 8.64. The lowest BCUT2D eigenvalue weighted by atomic mass is 9.98. The molecule has 0 aromatic carbocycles. The van der Waals surface area contributed by atoms with Crippen LogP contribution in [-0.4, -0.2) is 5.78 Å². The minimum absolute atomic E-state index is 0.0957. The maximum absolute atomic E-state index is 11.5. The topological polar surface area (TPSA) is 17.1 Å². The molecule has 1 fully saturated rings. The lowest BCUT2D eigenvalue weighted by Crippen LogP contribution is -2.10. The van der Waals surface area contributed by atoms with Gasteiger partial charge in [0.25, 0.3) is 0 Å². The normalized spacial score (nSPS) is 18.2. The van der Waals surface area contributed by atoms with Gasteiger partial charge in [-0.3, -0.25) is 4.79 Å². The molecule has 1 nitrogen and oxygen atoms in total. The average molecular weight is 180 g/mol. The van der Waals surface area contributed by atoms with Crippen molar-refractivity contribution in [3.63, 3.8) is 0 Å². The number of ketones is 1. The van der Waals surface area contributed by atoms with Crippen LogP contribution in [-0.2, 0) is 4.79 Å². The van der Waals surface area contributed by atoms with E-state index in [1.807, 2.05) is 6.08 Å². The lowest BCUT2D eigenvalue weighted by Gasteiger charge is -2.05. The lowest BCUT2D eigenvalue weighted by molar-refractivity contribution is -0.123. The van der Waals surface area contributed by atoms with Crippen molar-refractivity contribution in [2.45, 2.75) is 51.9 Å². The number of hydrogen-bond acceptors (Lipinski definition) is 1. The van der Waals surface area contributed by atoms with E-state index in [9.17, 15) is 4.79 Å². The van der Waals surface area contributed by atoms with Gasteiger partial charge in [0.05, 0.1) is 0 Å². The van der Waals surface area contributed by atoms with Gasteiger partial charge in [-0.15, -0.1) is 6.58 Å². The molecule has 0 atom stereocenters. The van der Waals surface area contributed by atoms with Gasteiger partial charge in [-0.1, -0.05) is 19.4 Å². The minimum Gasteiger partial charge on any atom is -0.299 e. The van der Waals surface area contributed by atoms with Gasteiger partial charge in [0.2, 0.25) is 0 Å². The Morgan fingerprint density at radius 1 is 1.38 bits per heavy atom. The molecule has 0 spiro atoms. The van der Waals surface area contributed by atoms with Gasteiger partial charge in [-0.2, -0.15) is 0 Å². The molecular formula is C12H20O. The number of carbonyl (C=O) groups is 1. The van der Waals surface area contributed by atoms with E-state index in [4.69, 9.17) is 0 Å². The van der Waals surface area contributed by atoms with E-state index < -0.39 is 0 Å². The van der Waals surface area contributed by atoms with Crippen molar-refractivity contribution >= 4 is 5.78 Å². The maximum Gasteiger partial charge on any atom is 0.138 e. The van der Waals surface area contributed by atoms with E-state index in [-0.39, 0.29) is 5.41 Å². The summed E-state index contributed by atoms with van der Waals surface area (Å²) in [4.78, 5) is 11.5. The summed E-state index contributed by atoms with van der Waals surface area (Å²) >= 11 is 0. The summed E-state index contributed by atoms with van der Waals surface area (Å²) in [5, 5.41) is 0. The van der Waals surface area contributed by atoms with Crippen LogP contribution in [0.4, 0.5) is 0 Å². The summed E-state index contributed by atoms with van der Waals surface area (Å²) in [6.45, 7) is 5.77. The SMILES string of the molecule is C=CCCCCCC(=O)C1(C)CC1. The van der Waals surface area contributed by atoms with Crippen LogP contribution < -0.4 is 0 Å². The third kappa shape index (κ3) is 3.33. The Labute approximate surface area is 81.2 Å². The zero-order chi connectivity index (χ0) is 9.73. The molecule has 0 amide bonds. The zero-order valence-electron chi connectivity index (χ0n) is 8.64. The first-order valence-electron chi connectivity index (χ1n) is 5.33. The Hall–Kier alpha value is -0.590. The van der Waals surface area contributed by atoms with Crippen LogP contribution in [0.5, 0.6) is 0 Å². The molecule has 0 saturated heterocycles. The second kappa shape index (κ2) is 4.59. The molecule has 0 aliphatic heterocycles. The van der Waals surface area contributed by atoms with Crippen molar-refractivity contribution in [2.24, 2.45) is 5.41 Å². The molecule has 0 N–H and O–H groups in total. The summed E-state index contributed by atoms with van der Waals surface area (Å²) in [7, 11) is 0. The molecule has 1 aliphatic rings. The number of unbranched alkanes of at least 4 members (excludes halogenated alkanes) is 3. The van der Waals surface area contributed by atoms with Gasteiger partial charge in [0.1, 0.15) is 5.78 Å². The fourth-order valence-electron chi connectivity index (χ4n) is 1.52. The summed E-state index contributed by atoms with van der Waals surface area (Å²) in [5.41, 5.74) is 0.0957. The van der Waals surface area contributed by atoms with E-state index >= 15 is 0 Å². The number of carbonyl (C=O) groups excluding carboxylic acids is 1. The van der Waals surface area contributed by atoms with Crippen LogP contribution in [0.15, 0.2) is 12.7 Å². The fraction of sp³-hybridized carbons (Fsp3) is 0.750. The van der Waals surface area contributed by atoms with Crippen molar-refractivity contribution in [1.82, 2.24) is 0 Å². The molecule has 74 valence electrons. The predicted octanol–water partition coefficient (Wildman–Crippen LogP) is 3.49. The third-order valence-electron chi connectivity index (χ3n) is 2.99. The van der Waals surface area contributed by atoms with Gasteiger partial charge in [-0.25, -0.2) is 0 Å².